The minimum Gasteiger partial charge on any atom is -0.274 e. The lowest BCUT2D eigenvalue weighted by atomic mass is 10.4. The van der Waals surface area contributed by atoms with Crippen molar-refractivity contribution >= 4 is 11.9 Å². The van der Waals surface area contributed by atoms with Gasteiger partial charge in [0.15, 0.2) is 0 Å². The van der Waals surface area contributed by atoms with Crippen LogP contribution < -0.4 is 5.14 Å². The summed E-state index contributed by atoms with van der Waals surface area (Å²) in [6.07, 6.45) is 7.78. The van der Waals surface area contributed by atoms with E-state index in [-0.39, 0.29) is 0 Å². The maximum absolute atomic E-state index is 5.25. The summed E-state index contributed by atoms with van der Waals surface area (Å²) < 4.78 is 0. The molecular formula is C12H25NS. The van der Waals surface area contributed by atoms with E-state index in [0.717, 1.165) is 17.7 Å². The van der Waals surface area contributed by atoms with E-state index in [2.05, 4.69) is 27.0 Å². The summed E-state index contributed by atoms with van der Waals surface area (Å²) in [5.74, 6) is 0. The Bertz CT molecular complexity index is 139. The minimum atomic E-state index is 1.02. The molecule has 0 aliphatic carbocycles. The van der Waals surface area contributed by atoms with Crippen LogP contribution in [0.3, 0.4) is 0 Å². The van der Waals surface area contributed by atoms with Gasteiger partial charge in [0.1, 0.15) is 0 Å². The highest BCUT2D eigenvalue weighted by molar-refractivity contribution is 8.01. The van der Waals surface area contributed by atoms with E-state index in [4.69, 9.17) is 5.14 Å². The molecule has 0 aromatic rings. The lowest BCUT2D eigenvalue weighted by molar-refractivity contribution is 1.22. The minimum absolute atomic E-state index is 1.02. The second-order valence-electron chi connectivity index (χ2n) is 2.03. The van der Waals surface area contributed by atoms with Crippen molar-refractivity contribution in [3.05, 3.63) is 36.3 Å². The topological polar surface area (TPSA) is 26.0 Å². The average Bonchev–Trinajstić information content (AvgIpc) is 2.29. The third-order valence-electron chi connectivity index (χ3n) is 1.03. The Balaban J connectivity index is -0.000000170. The molecule has 84 valence electrons. The molecule has 0 fully saturated rings. The smallest absolute Gasteiger partial charge is 0.0179 e. The Morgan fingerprint density at radius 3 is 1.71 bits per heavy atom. The maximum Gasteiger partial charge on any atom is 0.0179 e. The zero-order valence-corrected chi connectivity index (χ0v) is 10.9. The molecule has 0 bridgehead atoms. The molecule has 0 aliphatic heterocycles. The van der Waals surface area contributed by atoms with Crippen LogP contribution in [-0.4, -0.2) is 0 Å². The van der Waals surface area contributed by atoms with Gasteiger partial charge >= 0.3 is 0 Å². The van der Waals surface area contributed by atoms with E-state index in [1.54, 1.807) is 6.08 Å². The first-order chi connectivity index (χ1) is 6.76. The van der Waals surface area contributed by atoms with E-state index in [0.29, 0.717) is 0 Å². The molecule has 1 nitrogen and oxygen atoms in total. The first-order valence-corrected chi connectivity index (χ1v) is 5.94. The van der Waals surface area contributed by atoms with Gasteiger partial charge in [0.25, 0.3) is 0 Å². The Morgan fingerprint density at radius 2 is 1.64 bits per heavy atom. The van der Waals surface area contributed by atoms with Gasteiger partial charge in [-0.05, 0) is 24.8 Å². The molecule has 2 N–H and O–H groups in total. The van der Waals surface area contributed by atoms with Crippen molar-refractivity contribution in [3.8, 4) is 0 Å². The molecule has 0 saturated heterocycles. The number of allylic oxidation sites excluding steroid dienone is 3. The van der Waals surface area contributed by atoms with Crippen LogP contribution in [-0.2, 0) is 0 Å². The molecule has 0 rings (SSSR count). The molecule has 0 aliphatic rings. The van der Waals surface area contributed by atoms with Crippen molar-refractivity contribution in [2.75, 3.05) is 0 Å². The van der Waals surface area contributed by atoms with Crippen molar-refractivity contribution in [1.29, 1.82) is 0 Å². The van der Waals surface area contributed by atoms with Crippen LogP contribution in [0.25, 0.3) is 0 Å². The predicted molar refractivity (Wildman–Crippen MR) is 72.2 cm³/mol. The summed E-state index contributed by atoms with van der Waals surface area (Å²) >= 11 is 1.24. The molecule has 0 spiro atoms. The van der Waals surface area contributed by atoms with Crippen LogP contribution in [0.2, 0.25) is 0 Å². The SMILES string of the molecule is C=C/C(=C\CC)SN.C=CCC.CC. The van der Waals surface area contributed by atoms with E-state index in [9.17, 15) is 0 Å². The molecule has 0 aromatic heterocycles. The summed E-state index contributed by atoms with van der Waals surface area (Å²) in [5, 5.41) is 5.25. The maximum atomic E-state index is 5.25. The molecule has 0 saturated carbocycles. The first kappa shape index (κ1) is 19.2. The highest BCUT2D eigenvalue weighted by Gasteiger charge is 1.82. The molecule has 0 amide bonds. The Hall–Kier alpha value is -0.470. The average molecular weight is 215 g/mol. The van der Waals surface area contributed by atoms with E-state index in [1.807, 2.05) is 26.0 Å². The zero-order valence-electron chi connectivity index (χ0n) is 10.0. The fourth-order valence-electron chi connectivity index (χ4n) is 0.381. The molecule has 2 heteroatoms. The van der Waals surface area contributed by atoms with Crippen LogP contribution in [0.15, 0.2) is 36.3 Å². The molecule has 0 aromatic carbocycles. The van der Waals surface area contributed by atoms with Crippen LogP contribution >= 0.6 is 11.9 Å². The van der Waals surface area contributed by atoms with Gasteiger partial charge in [-0.1, -0.05) is 52.5 Å². The number of hydrogen-bond acceptors (Lipinski definition) is 2. The quantitative estimate of drug-likeness (QED) is 0.418. The van der Waals surface area contributed by atoms with Gasteiger partial charge in [0.2, 0.25) is 0 Å². The standard InChI is InChI=1S/C6H11NS.C4H8.C2H6/c1-3-5-6(4-2)8-7;1-3-4-2;1-2/h4-5H,2-3,7H2,1H3;3H,1,4H2,2H3;1-2H3/b6-5+;;. The van der Waals surface area contributed by atoms with E-state index >= 15 is 0 Å². The van der Waals surface area contributed by atoms with Crippen molar-refractivity contribution in [2.24, 2.45) is 5.14 Å². The second kappa shape index (κ2) is 22.9. The van der Waals surface area contributed by atoms with Gasteiger partial charge in [-0.25, -0.2) is 0 Å². The van der Waals surface area contributed by atoms with Crippen LogP contribution in [0.1, 0.15) is 40.5 Å². The van der Waals surface area contributed by atoms with Crippen LogP contribution in [0.4, 0.5) is 0 Å². The van der Waals surface area contributed by atoms with E-state index < -0.39 is 0 Å². The molecule has 0 heterocycles. The second-order valence-corrected chi connectivity index (χ2v) is 2.74. The Morgan fingerprint density at radius 1 is 1.21 bits per heavy atom. The van der Waals surface area contributed by atoms with Crippen molar-refractivity contribution in [2.45, 2.75) is 40.5 Å². The van der Waals surface area contributed by atoms with Gasteiger partial charge in [-0.15, -0.1) is 6.58 Å². The van der Waals surface area contributed by atoms with Crippen molar-refractivity contribution in [3.63, 3.8) is 0 Å². The summed E-state index contributed by atoms with van der Waals surface area (Å²) in [6.45, 7) is 15.2. The van der Waals surface area contributed by atoms with Gasteiger partial charge in [0, 0.05) is 4.91 Å². The summed E-state index contributed by atoms with van der Waals surface area (Å²) in [5.41, 5.74) is 0. The number of hydrogen-bond donors (Lipinski definition) is 1. The highest BCUT2D eigenvalue weighted by atomic mass is 32.2. The van der Waals surface area contributed by atoms with Gasteiger partial charge in [-0.2, -0.15) is 0 Å². The molecule has 0 unspecified atom stereocenters. The molecule has 14 heavy (non-hydrogen) atoms. The fourth-order valence-corrected chi connectivity index (χ4v) is 0.740. The third kappa shape index (κ3) is 22.5. The van der Waals surface area contributed by atoms with E-state index in [1.165, 1.54) is 11.9 Å². The normalized spacial score (nSPS) is 8.79. The van der Waals surface area contributed by atoms with Crippen molar-refractivity contribution in [1.82, 2.24) is 0 Å². The van der Waals surface area contributed by atoms with Gasteiger partial charge in [-0.3, -0.25) is 5.14 Å². The molecule has 0 radical (unpaired) electrons. The predicted octanol–water partition coefficient (Wildman–Crippen LogP) is 4.68. The first-order valence-electron chi connectivity index (χ1n) is 5.06. The highest BCUT2D eigenvalue weighted by Crippen LogP contribution is 2.08. The summed E-state index contributed by atoms with van der Waals surface area (Å²) in [4.78, 5) is 1.05. The monoisotopic (exact) mass is 215 g/mol. The molecular weight excluding hydrogens is 190 g/mol. The van der Waals surface area contributed by atoms with Gasteiger partial charge in [0.05, 0.1) is 0 Å². The summed E-state index contributed by atoms with van der Waals surface area (Å²) in [6, 6.07) is 0. The third-order valence-corrected chi connectivity index (χ3v) is 1.64. The van der Waals surface area contributed by atoms with Crippen molar-refractivity contribution < 1.29 is 0 Å². The fraction of sp³-hybridized carbons (Fsp3) is 0.500. The van der Waals surface area contributed by atoms with Gasteiger partial charge < -0.3 is 0 Å². The lowest BCUT2D eigenvalue weighted by Crippen LogP contribution is -1.77. The zero-order chi connectivity index (χ0) is 11.8. The van der Waals surface area contributed by atoms with Crippen LogP contribution in [0.5, 0.6) is 0 Å². The largest absolute Gasteiger partial charge is 0.274 e. The lowest BCUT2D eigenvalue weighted by Gasteiger charge is -1.90. The Kier molecular flexibility index (Phi) is 31.3. The molecule has 0 atom stereocenters. The van der Waals surface area contributed by atoms with Crippen LogP contribution in [0, 0.1) is 0 Å². The number of rotatable bonds is 4. The number of nitrogens with two attached hydrogens (primary N) is 1. The Labute approximate surface area is 94.3 Å². The summed E-state index contributed by atoms with van der Waals surface area (Å²) in [7, 11) is 0.